The first-order valence-corrected chi connectivity index (χ1v) is 12.8. The highest BCUT2D eigenvalue weighted by Gasteiger charge is 2.33. The average Bonchev–Trinajstić information content (AvgIpc) is 2.83. The van der Waals surface area contributed by atoms with E-state index in [2.05, 4.69) is 9.97 Å². The Bertz CT molecular complexity index is 1540. The Morgan fingerprint density at radius 1 is 0.857 bits per heavy atom. The van der Waals surface area contributed by atoms with Crippen LogP contribution in [0.25, 0.3) is 22.5 Å². The quantitative estimate of drug-likeness (QED) is 0.322. The molecule has 0 amide bonds. The predicted molar refractivity (Wildman–Crippen MR) is 135 cm³/mol. The lowest BCUT2D eigenvalue weighted by molar-refractivity contribution is 0.438. The van der Waals surface area contributed by atoms with E-state index in [0.29, 0.717) is 22.9 Å². The van der Waals surface area contributed by atoms with Crippen molar-refractivity contribution in [1.29, 1.82) is 0 Å². The van der Waals surface area contributed by atoms with Crippen LogP contribution in [0.1, 0.15) is 24.5 Å². The number of aromatic nitrogens is 2. The minimum Gasteiger partial charge on any atom is -0.746 e. The summed E-state index contributed by atoms with van der Waals surface area (Å²) in [6, 6.07) is 18.7. The molecule has 0 N–H and O–H groups in total. The zero-order valence-electron chi connectivity index (χ0n) is 19.6. The second kappa shape index (κ2) is 8.79. The maximum Gasteiger partial charge on any atom is 0.151 e. The maximum atomic E-state index is 12.4. The van der Waals surface area contributed by atoms with Crippen molar-refractivity contribution in [3.05, 3.63) is 84.2 Å². The van der Waals surface area contributed by atoms with Gasteiger partial charge in [0.25, 0.3) is 0 Å². The molecule has 0 fully saturated rings. The molecule has 0 bridgehead atoms. The zero-order chi connectivity index (χ0) is 24.7. The molecule has 1 aliphatic heterocycles. The topological polar surface area (TPSA) is 95.5 Å². The highest BCUT2D eigenvalue weighted by Crippen LogP contribution is 2.50. The van der Waals surface area contributed by atoms with E-state index in [9.17, 15) is 13.0 Å². The summed E-state index contributed by atoms with van der Waals surface area (Å²) in [7, 11) is -4.66. The van der Waals surface area contributed by atoms with Gasteiger partial charge in [0.1, 0.15) is 15.5 Å². The molecule has 1 atom stereocenters. The van der Waals surface area contributed by atoms with Crippen molar-refractivity contribution in [3.8, 4) is 34.0 Å². The molecule has 2 aromatic heterocycles. The van der Waals surface area contributed by atoms with Crippen molar-refractivity contribution >= 4 is 21.5 Å². The summed E-state index contributed by atoms with van der Waals surface area (Å²) in [6.07, 6.45) is 3.55. The van der Waals surface area contributed by atoms with Crippen LogP contribution in [0.15, 0.2) is 73.1 Å². The minimum absolute atomic E-state index is 0.110. The maximum absolute atomic E-state index is 12.4. The van der Waals surface area contributed by atoms with Gasteiger partial charge >= 0.3 is 0 Å². The van der Waals surface area contributed by atoms with Crippen LogP contribution in [-0.4, -0.2) is 28.3 Å². The number of pyridine rings is 2. The van der Waals surface area contributed by atoms with Crippen molar-refractivity contribution in [2.24, 2.45) is 0 Å². The Labute approximate surface area is 204 Å². The number of rotatable bonds is 5. The van der Waals surface area contributed by atoms with Crippen LogP contribution in [0, 0.1) is 13.8 Å². The monoisotopic (exact) mass is 486 g/mol. The van der Waals surface area contributed by atoms with Crippen LogP contribution < -0.4 is 9.64 Å². The van der Waals surface area contributed by atoms with Crippen molar-refractivity contribution in [1.82, 2.24) is 9.97 Å². The van der Waals surface area contributed by atoms with Crippen molar-refractivity contribution in [2.45, 2.75) is 32.6 Å². The minimum atomic E-state index is -4.66. The molecule has 0 spiro atoms. The summed E-state index contributed by atoms with van der Waals surface area (Å²) in [5, 5.41) is -1.30. The van der Waals surface area contributed by atoms with Crippen LogP contribution >= 0.6 is 0 Å². The van der Waals surface area contributed by atoms with Gasteiger partial charge in [-0.2, -0.15) is 0 Å². The van der Waals surface area contributed by atoms with Gasteiger partial charge in [-0.1, -0.05) is 25.1 Å². The molecular weight excluding hydrogens is 462 g/mol. The second-order valence-electron chi connectivity index (χ2n) is 8.53. The summed E-state index contributed by atoms with van der Waals surface area (Å²) >= 11 is 0. The Morgan fingerprint density at radius 2 is 1.46 bits per heavy atom. The Kier molecular flexibility index (Phi) is 5.78. The van der Waals surface area contributed by atoms with E-state index in [-0.39, 0.29) is 6.42 Å². The van der Waals surface area contributed by atoms with E-state index in [0.717, 1.165) is 33.6 Å². The summed E-state index contributed by atoms with van der Waals surface area (Å²) in [4.78, 5) is 10.5. The van der Waals surface area contributed by atoms with Crippen molar-refractivity contribution in [2.75, 3.05) is 4.90 Å². The fourth-order valence-corrected chi connectivity index (χ4v) is 5.43. The molecule has 0 aliphatic carbocycles. The number of anilines is 2. The van der Waals surface area contributed by atoms with Gasteiger partial charge in [0, 0.05) is 23.5 Å². The molecule has 35 heavy (non-hydrogen) atoms. The zero-order valence-corrected chi connectivity index (χ0v) is 20.4. The number of aryl methyl sites for hydroxylation is 2. The molecule has 0 saturated heterocycles. The smallest absolute Gasteiger partial charge is 0.151 e. The van der Waals surface area contributed by atoms with Gasteiger partial charge < -0.3 is 14.2 Å². The van der Waals surface area contributed by atoms with E-state index in [1.165, 1.54) is 0 Å². The van der Waals surface area contributed by atoms with Gasteiger partial charge in [0.15, 0.2) is 11.5 Å². The first-order chi connectivity index (χ1) is 16.8. The van der Waals surface area contributed by atoms with E-state index in [4.69, 9.17) is 4.74 Å². The van der Waals surface area contributed by atoms with Crippen molar-refractivity contribution < 1.29 is 17.7 Å². The fraction of sp³-hybridized carbons (Fsp3) is 0.185. The predicted octanol–water partition coefficient (Wildman–Crippen LogP) is 5.95. The molecule has 1 aliphatic rings. The molecule has 2 aromatic carbocycles. The summed E-state index contributed by atoms with van der Waals surface area (Å²) < 4.78 is 43.3. The standard InChI is InChI=1S/C27H25N3O4S/c1-4-25(35(31,32)33)30-21-11-9-20(27-18(3)8-6-14-29-27)16-24(21)34-23-12-10-19(15-22(23)30)26-17(2)7-5-13-28-26/h5-16,25H,4H2,1-3H3,(H,31,32,33)/p-1. The molecule has 7 nitrogen and oxygen atoms in total. The molecule has 5 rings (SSSR count). The lowest BCUT2D eigenvalue weighted by Gasteiger charge is -2.39. The summed E-state index contributed by atoms with van der Waals surface area (Å²) in [5.74, 6) is 0.927. The van der Waals surface area contributed by atoms with E-state index < -0.39 is 15.5 Å². The van der Waals surface area contributed by atoms with Gasteiger partial charge in [0.2, 0.25) is 0 Å². The molecule has 1 unspecified atom stereocenters. The Morgan fingerprint density at radius 3 is 2.03 bits per heavy atom. The normalized spacial score (nSPS) is 13.5. The third-order valence-corrected chi connectivity index (χ3v) is 7.40. The molecule has 3 heterocycles. The average molecular weight is 487 g/mol. The number of nitrogens with zero attached hydrogens (tertiary/aromatic N) is 3. The van der Waals surface area contributed by atoms with Crippen LogP contribution in [0.5, 0.6) is 11.5 Å². The van der Waals surface area contributed by atoms with E-state index in [1.807, 2.05) is 62.4 Å². The third-order valence-electron chi connectivity index (χ3n) is 6.19. The summed E-state index contributed by atoms with van der Waals surface area (Å²) in [6.45, 7) is 5.62. The number of hydrogen-bond acceptors (Lipinski definition) is 7. The van der Waals surface area contributed by atoms with Crippen LogP contribution in [0.2, 0.25) is 0 Å². The molecule has 4 aromatic rings. The van der Waals surface area contributed by atoms with Gasteiger partial charge in [0.05, 0.1) is 22.8 Å². The highest BCUT2D eigenvalue weighted by atomic mass is 32.2. The molecule has 0 saturated carbocycles. The van der Waals surface area contributed by atoms with Crippen LogP contribution in [-0.2, 0) is 10.1 Å². The number of fused-ring (bicyclic) bond motifs is 2. The largest absolute Gasteiger partial charge is 0.746 e. The molecule has 0 radical (unpaired) electrons. The van der Waals surface area contributed by atoms with E-state index in [1.54, 1.807) is 36.4 Å². The Balaban J connectivity index is 1.70. The lowest BCUT2D eigenvalue weighted by atomic mass is 10.0. The molecule has 8 heteroatoms. The molecular formula is C27H24N3O4S-. The van der Waals surface area contributed by atoms with Crippen LogP contribution in [0.3, 0.4) is 0 Å². The van der Waals surface area contributed by atoms with Crippen molar-refractivity contribution in [3.63, 3.8) is 0 Å². The highest BCUT2D eigenvalue weighted by molar-refractivity contribution is 7.86. The number of hydrogen-bond donors (Lipinski definition) is 0. The Hall–Kier alpha value is -3.75. The van der Waals surface area contributed by atoms with Gasteiger partial charge in [-0.15, -0.1) is 0 Å². The first-order valence-electron chi connectivity index (χ1n) is 11.3. The third kappa shape index (κ3) is 4.15. The van der Waals surface area contributed by atoms with Gasteiger partial charge in [-0.05, 0) is 73.9 Å². The SMILES string of the molecule is CCC(N1c2ccc(-c3ncccc3C)cc2Oc2ccc(-c3ncccc3C)cc21)S(=O)(=O)[O-]. The van der Waals surface area contributed by atoms with Crippen LogP contribution in [0.4, 0.5) is 11.4 Å². The fourth-order valence-electron chi connectivity index (χ4n) is 4.53. The van der Waals surface area contributed by atoms with Gasteiger partial charge in [-0.3, -0.25) is 9.97 Å². The molecule has 178 valence electrons. The first kappa shape index (κ1) is 23.0. The lowest BCUT2D eigenvalue weighted by Crippen LogP contribution is -2.39. The second-order valence-corrected chi connectivity index (χ2v) is 10.1. The number of ether oxygens (including phenoxy) is 1. The van der Waals surface area contributed by atoms with Gasteiger partial charge in [-0.25, -0.2) is 8.42 Å². The summed E-state index contributed by atoms with van der Waals surface area (Å²) in [5.41, 5.74) is 6.23. The van der Waals surface area contributed by atoms with E-state index >= 15 is 0 Å². The number of benzene rings is 2.